The van der Waals surface area contributed by atoms with Crippen LogP contribution in [0.4, 0.5) is 13.2 Å². The van der Waals surface area contributed by atoms with Gasteiger partial charge < -0.3 is 15.2 Å². The Labute approximate surface area is 199 Å². The van der Waals surface area contributed by atoms with E-state index in [4.69, 9.17) is 0 Å². The number of hydrogen-bond acceptors (Lipinski definition) is 5. The first-order valence-corrected chi connectivity index (χ1v) is 11.4. The van der Waals surface area contributed by atoms with E-state index in [2.05, 4.69) is 38.0 Å². The van der Waals surface area contributed by atoms with E-state index in [1.807, 2.05) is 23.8 Å². The molecule has 0 spiro atoms. The van der Waals surface area contributed by atoms with E-state index in [1.165, 1.54) is 10.7 Å². The maximum atomic E-state index is 12.9. The molecule has 0 aliphatic carbocycles. The zero-order chi connectivity index (χ0) is 24.7. The zero-order valence-corrected chi connectivity index (χ0v) is 19.4. The minimum atomic E-state index is -4.53. The van der Waals surface area contributed by atoms with Crippen molar-refractivity contribution in [1.29, 1.82) is 0 Å². The Bertz CT molecular complexity index is 1370. The smallest absolute Gasteiger partial charge is 0.346 e. The first kappa shape index (κ1) is 23.3. The fourth-order valence-corrected chi connectivity index (χ4v) is 4.32. The number of likely N-dealkylation sites (N-methyl/N-ethyl adjacent to an activating group) is 1. The Morgan fingerprint density at radius 2 is 1.97 bits per heavy atom. The number of aromatic amines is 1. The monoisotopic (exact) mass is 485 g/mol. The first-order chi connectivity index (χ1) is 16.7. The lowest BCUT2D eigenvalue weighted by atomic mass is 10.0. The molecule has 1 saturated heterocycles. The average Bonchev–Trinajstić information content (AvgIpc) is 3.43. The Morgan fingerprint density at radius 1 is 1.20 bits per heavy atom. The van der Waals surface area contributed by atoms with E-state index in [0.717, 1.165) is 67.4 Å². The molecule has 0 radical (unpaired) electrons. The van der Waals surface area contributed by atoms with Crippen LogP contribution in [0, 0.1) is 0 Å². The number of halogens is 3. The molecule has 1 aliphatic rings. The van der Waals surface area contributed by atoms with E-state index < -0.39 is 18.1 Å². The van der Waals surface area contributed by atoms with E-state index in [0.29, 0.717) is 5.52 Å². The van der Waals surface area contributed by atoms with Gasteiger partial charge in [0, 0.05) is 62.3 Å². The van der Waals surface area contributed by atoms with Gasteiger partial charge >= 0.3 is 6.18 Å². The number of piperazine rings is 1. The number of alkyl halides is 3. The molecule has 4 aromatic heterocycles. The van der Waals surface area contributed by atoms with Crippen LogP contribution in [-0.2, 0) is 6.54 Å². The lowest BCUT2D eigenvalue weighted by molar-refractivity contribution is -0.149. The van der Waals surface area contributed by atoms with Gasteiger partial charge in [0.25, 0.3) is 5.91 Å². The van der Waals surface area contributed by atoms with Crippen molar-refractivity contribution in [3.63, 3.8) is 0 Å². The number of hydrogen-bond donors (Lipinski definition) is 2. The summed E-state index contributed by atoms with van der Waals surface area (Å²) in [6.07, 6.45) is 2.18. The van der Waals surface area contributed by atoms with Gasteiger partial charge in [-0.15, -0.1) is 0 Å². The molecule has 184 valence electrons. The highest BCUT2D eigenvalue weighted by Gasteiger charge is 2.37. The quantitative estimate of drug-likeness (QED) is 0.453. The van der Waals surface area contributed by atoms with Crippen molar-refractivity contribution >= 4 is 22.5 Å². The molecule has 1 fully saturated rings. The summed E-state index contributed by atoms with van der Waals surface area (Å²) in [7, 11) is 2.13. The van der Waals surface area contributed by atoms with Crippen LogP contribution in [0.15, 0.2) is 43.0 Å². The van der Waals surface area contributed by atoms with Crippen LogP contribution in [0.3, 0.4) is 0 Å². The number of nitrogens with one attached hydrogen (secondary N) is 2. The van der Waals surface area contributed by atoms with Gasteiger partial charge in [0.05, 0.1) is 17.3 Å². The molecule has 11 heteroatoms. The fraction of sp³-hybridized carbons (Fsp3) is 0.375. The van der Waals surface area contributed by atoms with Gasteiger partial charge in [-0.3, -0.25) is 9.69 Å². The fourth-order valence-electron chi connectivity index (χ4n) is 4.32. The topological polar surface area (TPSA) is 81.6 Å². The molecule has 1 amide bonds. The van der Waals surface area contributed by atoms with Gasteiger partial charge in [-0.1, -0.05) is 0 Å². The van der Waals surface area contributed by atoms with E-state index >= 15 is 0 Å². The van der Waals surface area contributed by atoms with Gasteiger partial charge in [-0.05, 0) is 43.3 Å². The van der Waals surface area contributed by atoms with Crippen LogP contribution < -0.4 is 5.32 Å². The third-order valence-corrected chi connectivity index (χ3v) is 6.51. The van der Waals surface area contributed by atoms with Gasteiger partial charge in [0.1, 0.15) is 11.7 Å². The highest BCUT2D eigenvalue weighted by atomic mass is 19.4. The summed E-state index contributed by atoms with van der Waals surface area (Å²) < 4.78 is 40.2. The standard InChI is InChI=1S/C24H26F3N7O/c1-15(24(25,26)27)31-23(35)20-13-30-34-4-3-17(10-21(20)34)19-12-29-22-18(19)9-16(11-28-22)14-33-7-5-32(2)6-8-33/h3-4,9-13,15H,5-8,14H2,1-2H3,(H,28,29)(H,31,35)/t15-/m1/s1. The van der Waals surface area contributed by atoms with Crippen molar-refractivity contribution < 1.29 is 18.0 Å². The van der Waals surface area contributed by atoms with Crippen molar-refractivity contribution in [2.45, 2.75) is 25.7 Å². The summed E-state index contributed by atoms with van der Waals surface area (Å²) in [5, 5.41) is 7.07. The predicted molar refractivity (Wildman–Crippen MR) is 126 cm³/mol. The van der Waals surface area contributed by atoms with Crippen molar-refractivity contribution in [2.75, 3.05) is 33.2 Å². The number of pyridine rings is 2. The van der Waals surface area contributed by atoms with Crippen LogP contribution in [0.2, 0.25) is 0 Å². The number of rotatable bonds is 5. The summed E-state index contributed by atoms with van der Waals surface area (Å²) in [6, 6.07) is 3.77. The van der Waals surface area contributed by atoms with Crippen molar-refractivity contribution in [1.82, 2.24) is 34.7 Å². The molecule has 5 rings (SSSR count). The van der Waals surface area contributed by atoms with E-state index in [1.54, 1.807) is 12.3 Å². The molecule has 0 unspecified atom stereocenters. The number of aromatic nitrogens is 4. The Morgan fingerprint density at radius 3 is 2.71 bits per heavy atom. The second-order valence-electron chi connectivity index (χ2n) is 9.06. The third kappa shape index (κ3) is 4.73. The molecule has 0 aromatic carbocycles. The minimum absolute atomic E-state index is 0.0803. The minimum Gasteiger partial charge on any atom is -0.346 e. The lowest BCUT2D eigenvalue weighted by Gasteiger charge is -2.32. The molecule has 1 aliphatic heterocycles. The second kappa shape index (κ2) is 8.97. The largest absolute Gasteiger partial charge is 0.408 e. The molecule has 0 bridgehead atoms. The van der Waals surface area contributed by atoms with Crippen LogP contribution in [0.5, 0.6) is 0 Å². The van der Waals surface area contributed by atoms with E-state index in [-0.39, 0.29) is 5.56 Å². The normalized spacial score (nSPS) is 16.7. The van der Waals surface area contributed by atoms with E-state index in [9.17, 15) is 18.0 Å². The Kier molecular flexibility index (Phi) is 5.97. The summed E-state index contributed by atoms with van der Waals surface area (Å²) in [6.45, 7) is 5.80. The Balaban J connectivity index is 1.44. The maximum Gasteiger partial charge on any atom is 0.408 e. The molecule has 5 heterocycles. The number of amides is 1. The number of carbonyl (C=O) groups excluding carboxylic acids is 1. The van der Waals surface area contributed by atoms with Crippen molar-refractivity contribution in [3.05, 3.63) is 54.1 Å². The molecule has 1 atom stereocenters. The molecule has 2 N–H and O–H groups in total. The van der Waals surface area contributed by atoms with Gasteiger partial charge in [-0.25, -0.2) is 9.50 Å². The molecule has 4 aromatic rings. The molecule has 0 saturated carbocycles. The zero-order valence-electron chi connectivity index (χ0n) is 19.4. The number of nitrogens with zero attached hydrogens (tertiary/aromatic N) is 5. The van der Waals surface area contributed by atoms with Gasteiger partial charge in [0.15, 0.2) is 0 Å². The van der Waals surface area contributed by atoms with Gasteiger partial charge in [0.2, 0.25) is 0 Å². The summed E-state index contributed by atoms with van der Waals surface area (Å²) in [4.78, 5) is 25.0. The Hall–Kier alpha value is -3.44. The lowest BCUT2D eigenvalue weighted by Crippen LogP contribution is -2.43. The van der Waals surface area contributed by atoms with Crippen molar-refractivity contribution in [2.24, 2.45) is 0 Å². The number of carbonyl (C=O) groups is 1. The molecule has 35 heavy (non-hydrogen) atoms. The highest BCUT2D eigenvalue weighted by molar-refractivity contribution is 6.02. The molecular formula is C24H26F3N7O. The summed E-state index contributed by atoms with van der Waals surface area (Å²) >= 11 is 0. The predicted octanol–water partition coefficient (Wildman–Crippen LogP) is 3.31. The molecular weight excluding hydrogens is 459 g/mol. The van der Waals surface area contributed by atoms with Crippen LogP contribution in [0.25, 0.3) is 27.7 Å². The molecule has 8 nitrogen and oxygen atoms in total. The van der Waals surface area contributed by atoms with Crippen LogP contribution in [0.1, 0.15) is 22.8 Å². The summed E-state index contributed by atoms with van der Waals surface area (Å²) in [5.41, 5.74) is 4.05. The number of H-pyrrole nitrogens is 1. The second-order valence-corrected chi connectivity index (χ2v) is 9.06. The van der Waals surface area contributed by atoms with Crippen molar-refractivity contribution in [3.8, 4) is 11.1 Å². The van der Waals surface area contributed by atoms with Gasteiger partial charge in [-0.2, -0.15) is 18.3 Å². The first-order valence-electron chi connectivity index (χ1n) is 11.4. The maximum absolute atomic E-state index is 12.9. The third-order valence-electron chi connectivity index (χ3n) is 6.51. The number of fused-ring (bicyclic) bond motifs is 2. The van der Waals surface area contributed by atoms with Crippen LogP contribution >= 0.6 is 0 Å². The SMILES string of the molecule is C[C@@H](NC(=O)c1cnn2ccc(-c3c[nH]c4ncc(CN5CCN(C)CC5)cc34)cc12)C(F)(F)F. The summed E-state index contributed by atoms with van der Waals surface area (Å²) in [5.74, 6) is -0.822. The van der Waals surface area contributed by atoms with Crippen LogP contribution in [-0.4, -0.2) is 80.7 Å². The highest BCUT2D eigenvalue weighted by Crippen LogP contribution is 2.30. The average molecular weight is 486 g/mol.